The molecule has 86 valence electrons. The number of unbranched alkanes of at least 4 members (excludes halogenated alkanes) is 2. The Balaban J connectivity index is 2.16. The topological polar surface area (TPSA) is 31.0 Å². The number of hydrogen-bond acceptors (Lipinski definition) is 3. The Morgan fingerprint density at radius 3 is 2.93 bits per heavy atom. The molecule has 2 atom stereocenters. The summed E-state index contributed by atoms with van der Waals surface area (Å²) >= 11 is 0. The molecule has 1 saturated heterocycles. The highest BCUT2D eigenvalue weighted by Gasteiger charge is 2.51. The highest BCUT2D eigenvalue weighted by molar-refractivity contribution is 5.23. The molecule has 3 heteroatoms. The Morgan fingerprint density at radius 1 is 1.47 bits per heavy atom. The maximum Gasteiger partial charge on any atom is 0.154 e. The second-order valence-corrected chi connectivity index (χ2v) is 3.90. The highest BCUT2D eigenvalue weighted by atomic mass is 16.7. The van der Waals surface area contributed by atoms with Crippen LogP contribution >= 0.6 is 0 Å². The van der Waals surface area contributed by atoms with E-state index in [2.05, 4.69) is 18.8 Å². The van der Waals surface area contributed by atoms with Gasteiger partial charge in [0.25, 0.3) is 0 Å². The molecule has 0 N–H and O–H groups in total. The SMILES string of the molecule is CCCCC#CC1(C)OC1COCOC. The Kier molecular flexibility index (Phi) is 5.10. The fraction of sp³-hybridized carbons (Fsp3) is 0.833. The van der Waals surface area contributed by atoms with E-state index < -0.39 is 0 Å². The first-order valence-electron chi connectivity index (χ1n) is 5.47. The molecule has 0 amide bonds. The molecule has 0 aromatic rings. The van der Waals surface area contributed by atoms with Gasteiger partial charge in [-0.15, -0.1) is 5.92 Å². The second kappa shape index (κ2) is 6.12. The highest BCUT2D eigenvalue weighted by Crippen LogP contribution is 2.35. The Bertz CT molecular complexity index is 241. The first-order valence-corrected chi connectivity index (χ1v) is 5.47. The molecule has 0 saturated carbocycles. The van der Waals surface area contributed by atoms with Crippen molar-refractivity contribution in [2.24, 2.45) is 0 Å². The van der Waals surface area contributed by atoms with Crippen molar-refractivity contribution in [3.05, 3.63) is 0 Å². The predicted octanol–water partition coefficient (Wildman–Crippen LogP) is 1.96. The van der Waals surface area contributed by atoms with E-state index in [1.54, 1.807) is 7.11 Å². The van der Waals surface area contributed by atoms with Crippen molar-refractivity contribution in [1.82, 2.24) is 0 Å². The maximum atomic E-state index is 5.48. The lowest BCUT2D eigenvalue weighted by atomic mass is 10.1. The van der Waals surface area contributed by atoms with Gasteiger partial charge in [-0.2, -0.15) is 0 Å². The zero-order valence-corrected chi connectivity index (χ0v) is 9.84. The number of ether oxygens (including phenoxy) is 3. The third-order valence-corrected chi connectivity index (χ3v) is 2.41. The van der Waals surface area contributed by atoms with E-state index in [9.17, 15) is 0 Å². The summed E-state index contributed by atoms with van der Waals surface area (Å²) in [5.41, 5.74) is -0.276. The van der Waals surface area contributed by atoms with E-state index in [0.29, 0.717) is 13.4 Å². The zero-order valence-electron chi connectivity index (χ0n) is 9.84. The quantitative estimate of drug-likeness (QED) is 0.292. The molecule has 0 radical (unpaired) electrons. The first-order chi connectivity index (χ1) is 7.23. The van der Waals surface area contributed by atoms with Gasteiger partial charge < -0.3 is 14.2 Å². The van der Waals surface area contributed by atoms with E-state index in [1.807, 2.05) is 6.92 Å². The number of methoxy groups -OCH3 is 1. The largest absolute Gasteiger partial charge is 0.359 e. The average molecular weight is 212 g/mol. The first kappa shape index (κ1) is 12.5. The summed E-state index contributed by atoms with van der Waals surface area (Å²) in [6.45, 7) is 5.05. The van der Waals surface area contributed by atoms with Crippen LogP contribution in [0.4, 0.5) is 0 Å². The number of rotatable bonds is 6. The standard InChI is InChI=1S/C12H20O3/c1-4-5-6-7-8-12(2)11(15-12)9-14-10-13-3/h11H,4-6,9-10H2,1-3H3. The normalized spacial score (nSPS) is 28.3. The fourth-order valence-electron chi connectivity index (χ4n) is 1.31. The minimum Gasteiger partial charge on any atom is -0.359 e. The molecular formula is C12H20O3. The van der Waals surface area contributed by atoms with Crippen LogP contribution < -0.4 is 0 Å². The van der Waals surface area contributed by atoms with E-state index in [0.717, 1.165) is 12.8 Å². The maximum absolute atomic E-state index is 5.48. The summed E-state index contributed by atoms with van der Waals surface area (Å²) in [6.07, 6.45) is 3.42. The molecule has 1 heterocycles. The third-order valence-electron chi connectivity index (χ3n) is 2.41. The number of hydrogen-bond donors (Lipinski definition) is 0. The lowest BCUT2D eigenvalue weighted by Crippen LogP contribution is -2.13. The van der Waals surface area contributed by atoms with Crippen LogP contribution in [-0.2, 0) is 14.2 Å². The predicted molar refractivity (Wildman–Crippen MR) is 58.4 cm³/mol. The molecule has 0 aliphatic carbocycles. The van der Waals surface area contributed by atoms with E-state index in [4.69, 9.17) is 14.2 Å². The van der Waals surface area contributed by atoms with Crippen molar-refractivity contribution in [3.8, 4) is 11.8 Å². The van der Waals surface area contributed by atoms with Gasteiger partial charge in [0, 0.05) is 13.5 Å². The van der Waals surface area contributed by atoms with Gasteiger partial charge in [-0.05, 0) is 13.3 Å². The van der Waals surface area contributed by atoms with Gasteiger partial charge in [0.15, 0.2) is 5.60 Å². The van der Waals surface area contributed by atoms with Crippen molar-refractivity contribution in [2.45, 2.75) is 44.8 Å². The minimum absolute atomic E-state index is 0.113. The van der Waals surface area contributed by atoms with E-state index in [-0.39, 0.29) is 11.7 Å². The molecule has 1 aliphatic heterocycles. The van der Waals surface area contributed by atoms with Gasteiger partial charge in [0.05, 0.1) is 6.61 Å². The molecule has 2 unspecified atom stereocenters. The molecule has 1 fully saturated rings. The van der Waals surface area contributed by atoms with E-state index >= 15 is 0 Å². The third kappa shape index (κ3) is 4.21. The molecular weight excluding hydrogens is 192 g/mol. The van der Waals surface area contributed by atoms with Crippen molar-refractivity contribution in [1.29, 1.82) is 0 Å². The molecule has 0 bridgehead atoms. The van der Waals surface area contributed by atoms with Gasteiger partial charge in [-0.3, -0.25) is 0 Å². The minimum atomic E-state index is -0.276. The monoisotopic (exact) mass is 212 g/mol. The van der Waals surface area contributed by atoms with Crippen molar-refractivity contribution < 1.29 is 14.2 Å². The van der Waals surface area contributed by atoms with Crippen LogP contribution in [0.5, 0.6) is 0 Å². The average Bonchev–Trinajstić information content (AvgIpc) is 2.86. The molecule has 15 heavy (non-hydrogen) atoms. The fourth-order valence-corrected chi connectivity index (χ4v) is 1.31. The molecule has 0 spiro atoms. The van der Waals surface area contributed by atoms with Crippen molar-refractivity contribution >= 4 is 0 Å². The van der Waals surface area contributed by atoms with Crippen LogP contribution in [0, 0.1) is 11.8 Å². The van der Waals surface area contributed by atoms with Gasteiger partial charge in [-0.25, -0.2) is 0 Å². The second-order valence-electron chi connectivity index (χ2n) is 3.90. The molecule has 0 aromatic heterocycles. The Hall–Kier alpha value is -0.560. The van der Waals surface area contributed by atoms with Gasteiger partial charge in [0.2, 0.25) is 0 Å². The molecule has 1 rings (SSSR count). The van der Waals surface area contributed by atoms with Gasteiger partial charge >= 0.3 is 0 Å². The molecule has 1 aliphatic rings. The van der Waals surface area contributed by atoms with Crippen LogP contribution in [-0.4, -0.2) is 32.2 Å². The van der Waals surface area contributed by atoms with Crippen LogP contribution in [0.2, 0.25) is 0 Å². The summed E-state index contributed by atoms with van der Waals surface area (Å²) in [6, 6.07) is 0. The van der Waals surface area contributed by atoms with Gasteiger partial charge in [0.1, 0.15) is 12.9 Å². The van der Waals surface area contributed by atoms with Crippen LogP contribution in [0.1, 0.15) is 33.1 Å². The Labute approximate surface area is 92.1 Å². The van der Waals surface area contributed by atoms with Crippen LogP contribution in [0.25, 0.3) is 0 Å². The van der Waals surface area contributed by atoms with Crippen molar-refractivity contribution in [2.75, 3.05) is 20.5 Å². The summed E-state index contributed by atoms with van der Waals surface area (Å²) in [5, 5.41) is 0. The lowest BCUT2D eigenvalue weighted by molar-refractivity contribution is -0.0352. The summed E-state index contributed by atoms with van der Waals surface area (Å²) in [4.78, 5) is 0. The summed E-state index contributed by atoms with van der Waals surface area (Å²) in [7, 11) is 1.61. The molecule has 0 aromatic carbocycles. The smallest absolute Gasteiger partial charge is 0.154 e. The summed E-state index contributed by atoms with van der Waals surface area (Å²) in [5.74, 6) is 6.30. The summed E-state index contributed by atoms with van der Waals surface area (Å²) < 4.78 is 15.5. The van der Waals surface area contributed by atoms with Gasteiger partial charge in [-0.1, -0.05) is 19.3 Å². The molecule has 3 nitrogen and oxygen atoms in total. The van der Waals surface area contributed by atoms with Crippen LogP contribution in [0.3, 0.4) is 0 Å². The van der Waals surface area contributed by atoms with Crippen molar-refractivity contribution in [3.63, 3.8) is 0 Å². The Morgan fingerprint density at radius 2 is 2.27 bits per heavy atom. The van der Waals surface area contributed by atoms with E-state index in [1.165, 1.54) is 6.42 Å². The van der Waals surface area contributed by atoms with Crippen LogP contribution in [0.15, 0.2) is 0 Å². The lowest BCUT2D eigenvalue weighted by Gasteiger charge is -1.99. The number of epoxide rings is 1. The zero-order chi connectivity index (χ0) is 11.1.